The number of aromatic nitrogens is 3. The van der Waals surface area contributed by atoms with Crippen molar-refractivity contribution in [2.24, 2.45) is 0 Å². The van der Waals surface area contributed by atoms with Crippen LogP contribution in [0.2, 0.25) is 0 Å². The summed E-state index contributed by atoms with van der Waals surface area (Å²) in [5.74, 6) is 0.125. The molecule has 5 nitrogen and oxygen atoms in total. The molecule has 0 spiro atoms. The zero-order valence-corrected chi connectivity index (χ0v) is 18.9. The van der Waals surface area contributed by atoms with Crippen LogP contribution in [-0.4, -0.2) is 31.8 Å². The molecular formula is C21H25FN4OS2. The molecule has 8 heteroatoms. The highest BCUT2D eigenvalue weighted by Gasteiger charge is 2.18. The van der Waals surface area contributed by atoms with Gasteiger partial charge in [-0.15, -0.1) is 10.2 Å². The number of aryl methyl sites for hydroxylation is 1. The highest BCUT2D eigenvalue weighted by atomic mass is 32.2. The Morgan fingerprint density at radius 2 is 1.90 bits per heavy atom. The number of carbonyl (C=O) groups is 1. The second-order valence-corrected chi connectivity index (χ2v) is 10.2. The normalized spacial score (nSPS) is 11.7. The van der Waals surface area contributed by atoms with Gasteiger partial charge in [-0.3, -0.25) is 4.79 Å². The molecule has 0 bridgehead atoms. The standard InChI is InChI=1S/C21H25FN4OS2/c1-13-10-17(14(2)26(13)11-15-6-8-16(22)9-7-15)18(27)12-28-20-25-24-19(29-20)23-21(3,4)5/h6-10H,11-12H2,1-5H3,(H,23,24). The van der Waals surface area contributed by atoms with Crippen molar-refractivity contribution in [2.75, 3.05) is 11.1 Å². The first-order valence-corrected chi connectivity index (χ1v) is 11.1. The fourth-order valence-corrected chi connectivity index (χ4v) is 4.79. The number of nitrogens with zero attached hydrogens (tertiary/aromatic N) is 3. The third-order valence-corrected chi connectivity index (χ3v) is 6.32. The summed E-state index contributed by atoms with van der Waals surface area (Å²) in [6, 6.07) is 8.37. The second kappa shape index (κ2) is 8.67. The molecule has 3 aromatic rings. The number of Topliss-reactive ketones (excluding diaryl/α,β-unsaturated/α-hetero) is 1. The number of anilines is 1. The van der Waals surface area contributed by atoms with Gasteiger partial charge in [-0.05, 0) is 58.4 Å². The van der Waals surface area contributed by atoms with Crippen LogP contribution in [-0.2, 0) is 6.54 Å². The van der Waals surface area contributed by atoms with Crippen LogP contribution in [0.3, 0.4) is 0 Å². The van der Waals surface area contributed by atoms with Gasteiger partial charge in [-0.1, -0.05) is 35.2 Å². The van der Waals surface area contributed by atoms with E-state index in [1.54, 1.807) is 12.1 Å². The molecule has 2 aromatic heterocycles. The Kier molecular flexibility index (Phi) is 6.43. The summed E-state index contributed by atoms with van der Waals surface area (Å²) in [7, 11) is 0. The lowest BCUT2D eigenvalue weighted by Crippen LogP contribution is -2.25. The fraction of sp³-hybridized carbons (Fsp3) is 0.381. The number of halogens is 1. The van der Waals surface area contributed by atoms with Crippen LogP contribution in [0.15, 0.2) is 34.7 Å². The molecule has 3 rings (SSSR count). The van der Waals surface area contributed by atoms with Crippen LogP contribution in [0.4, 0.5) is 9.52 Å². The van der Waals surface area contributed by atoms with E-state index in [9.17, 15) is 9.18 Å². The highest BCUT2D eigenvalue weighted by Crippen LogP contribution is 2.28. The van der Waals surface area contributed by atoms with Gasteiger partial charge in [0, 0.05) is 29.0 Å². The topological polar surface area (TPSA) is 59.8 Å². The first-order chi connectivity index (χ1) is 13.6. The maximum Gasteiger partial charge on any atom is 0.206 e. The minimum Gasteiger partial charge on any atom is -0.355 e. The maximum atomic E-state index is 13.1. The number of hydrogen-bond acceptors (Lipinski definition) is 6. The molecule has 2 heterocycles. The average Bonchev–Trinajstić information content (AvgIpc) is 3.19. The fourth-order valence-electron chi connectivity index (χ4n) is 2.94. The van der Waals surface area contributed by atoms with Crippen LogP contribution >= 0.6 is 23.1 Å². The lowest BCUT2D eigenvalue weighted by molar-refractivity contribution is 0.102. The molecule has 29 heavy (non-hydrogen) atoms. The molecule has 0 amide bonds. The Bertz CT molecular complexity index is 1000. The third kappa shape index (κ3) is 5.67. The van der Waals surface area contributed by atoms with Crippen molar-refractivity contribution in [3.8, 4) is 0 Å². The molecule has 0 radical (unpaired) electrons. The summed E-state index contributed by atoms with van der Waals surface area (Å²) < 4.78 is 16.0. The molecule has 0 saturated heterocycles. The number of hydrogen-bond donors (Lipinski definition) is 1. The zero-order valence-electron chi connectivity index (χ0n) is 17.2. The van der Waals surface area contributed by atoms with Gasteiger partial charge in [0.15, 0.2) is 10.1 Å². The van der Waals surface area contributed by atoms with E-state index < -0.39 is 0 Å². The van der Waals surface area contributed by atoms with Crippen LogP contribution < -0.4 is 5.32 Å². The van der Waals surface area contributed by atoms with Crippen molar-refractivity contribution in [1.29, 1.82) is 0 Å². The van der Waals surface area contributed by atoms with Crippen molar-refractivity contribution >= 4 is 34.0 Å². The molecule has 0 aliphatic carbocycles. The third-order valence-electron chi connectivity index (χ3n) is 4.34. The van der Waals surface area contributed by atoms with Crippen LogP contribution in [0.1, 0.15) is 48.1 Å². The lowest BCUT2D eigenvalue weighted by Gasteiger charge is -2.18. The van der Waals surface area contributed by atoms with E-state index in [1.165, 1.54) is 35.2 Å². The number of rotatable bonds is 7. The van der Waals surface area contributed by atoms with Gasteiger partial charge in [0.25, 0.3) is 0 Å². The van der Waals surface area contributed by atoms with Crippen LogP contribution in [0.5, 0.6) is 0 Å². The smallest absolute Gasteiger partial charge is 0.206 e. The first kappa shape index (κ1) is 21.5. The minimum atomic E-state index is -0.250. The summed E-state index contributed by atoms with van der Waals surface area (Å²) in [5, 5.41) is 12.3. The maximum absolute atomic E-state index is 13.1. The quantitative estimate of drug-likeness (QED) is 0.404. The Morgan fingerprint density at radius 3 is 2.55 bits per heavy atom. The molecule has 0 unspecified atom stereocenters. The number of ketones is 1. The van der Waals surface area contributed by atoms with Crippen molar-refractivity contribution in [1.82, 2.24) is 14.8 Å². The summed E-state index contributed by atoms with van der Waals surface area (Å²) >= 11 is 2.86. The Hall–Kier alpha value is -2.19. The van der Waals surface area contributed by atoms with E-state index in [4.69, 9.17) is 0 Å². The van der Waals surface area contributed by atoms with E-state index in [0.717, 1.165) is 32.0 Å². The second-order valence-electron chi connectivity index (χ2n) is 7.96. The van der Waals surface area contributed by atoms with Crippen molar-refractivity contribution in [3.63, 3.8) is 0 Å². The van der Waals surface area contributed by atoms with E-state index in [2.05, 4.69) is 40.9 Å². The van der Waals surface area contributed by atoms with Crippen LogP contribution in [0.25, 0.3) is 0 Å². The summed E-state index contributed by atoms with van der Waals surface area (Å²) in [4.78, 5) is 12.8. The molecule has 0 atom stereocenters. The molecule has 0 saturated carbocycles. The molecule has 0 fully saturated rings. The first-order valence-electron chi connectivity index (χ1n) is 9.31. The van der Waals surface area contributed by atoms with Gasteiger partial charge in [-0.2, -0.15) is 0 Å². The predicted molar refractivity (Wildman–Crippen MR) is 118 cm³/mol. The van der Waals surface area contributed by atoms with Gasteiger partial charge in [0.1, 0.15) is 5.82 Å². The number of thioether (sulfide) groups is 1. The largest absolute Gasteiger partial charge is 0.355 e. The highest BCUT2D eigenvalue weighted by molar-refractivity contribution is 8.01. The monoisotopic (exact) mass is 432 g/mol. The van der Waals surface area contributed by atoms with Crippen molar-refractivity contribution in [2.45, 2.75) is 51.0 Å². The molecule has 1 N–H and O–H groups in total. The molecule has 0 aliphatic heterocycles. The van der Waals surface area contributed by atoms with E-state index >= 15 is 0 Å². The Balaban J connectivity index is 1.66. The van der Waals surface area contributed by atoms with Crippen LogP contribution in [0, 0.1) is 19.7 Å². The van der Waals surface area contributed by atoms with Crippen molar-refractivity contribution < 1.29 is 9.18 Å². The van der Waals surface area contributed by atoms with Gasteiger partial charge in [-0.25, -0.2) is 4.39 Å². The molecule has 0 aliphatic rings. The molecule has 154 valence electrons. The Labute approximate surface area is 178 Å². The molecule has 1 aromatic carbocycles. The zero-order chi connectivity index (χ0) is 21.2. The predicted octanol–water partition coefficient (Wildman–Crippen LogP) is 5.33. The van der Waals surface area contributed by atoms with E-state index in [-0.39, 0.29) is 17.1 Å². The van der Waals surface area contributed by atoms with Crippen molar-refractivity contribution in [3.05, 3.63) is 58.7 Å². The SMILES string of the molecule is Cc1cc(C(=O)CSc2nnc(NC(C)(C)C)s2)c(C)n1Cc1ccc(F)cc1. The lowest BCUT2D eigenvalue weighted by atomic mass is 10.1. The van der Waals surface area contributed by atoms with Gasteiger partial charge < -0.3 is 9.88 Å². The van der Waals surface area contributed by atoms with Gasteiger partial charge in [0.2, 0.25) is 5.13 Å². The molecular weight excluding hydrogens is 407 g/mol. The summed E-state index contributed by atoms with van der Waals surface area (Å²) in [5.41, 5.74) is 3.56. The van der Waals surface area contributed by atoms with E-state index in [0.29, 0.717) is 12.3 Å². The minimum absolute atomic E-state index is 0.0639. The van der Waals surface area contributed by atoms with E-state index in [1.807, 2.05) is 19.9 Å². The average molecular weight is 433 g/mol. The Morgan fingerprint density at radius 1 is 1.21 bits per heavy atom. The summed E-state index contributed by atoms with van der Waals surface area (Å²) in [6.07, 6.45) is 0. The number of carbonyl (C=O) groups excluding carboxylic acids is 1. The number of nitrogens with one attached hydrogen (secondary N) is 1. The van der Waals surface area contributed by atoms with Gasteiger partial charge >= 0.3 is 0 Å². The van der Waals surface area contributed by atoms with Gasteiger partial charge in [0.05, 0.1) is 5.75 Å². The number of benzene rings is 1. The summed E-state index contributed by atoms with van der Waals surface area (Å²) in [6.45, 7) is 10.7.